The number of hydrogen-bond donors (Lipinski definition) is 1. The second kappa shape index (κ2) is 6.80. The zero-order valence-electron chi connectivity index (χ0n) is 11.1. The van der Waals surface area contributed by atoms with Gasteiger partial charge in [0, 0.05) is 29.8 Å². The van der Waals surface area contributed by atoms with Gasteiger partial charge in [0.05, 0.1) is 5.92 Å². The number of nitrogens with zero attached hydrogens (tertiary/aromatic N) is 1. The summed E-state index contributed by atoms with van der Waals surface area (Å²) >= 11 is 3.36. The normalized spacial score (nSPS) is 20.9. The van der Waals surface area contributed by atoms with Crippen LogP contribution in [0.1, 0.15) is 12.8 Å². The van der Waals surface area contributed by atoms with Crippen LogP contribution in [-0.2, 0) is 0 Å². The van der Waals surface area contributed by atoms with Crippen LogP contribution in [0.25, 0.3) is 0 Å². The van der Waals surface area contributed by atoms with Gasteiger partial charge >= 0.3 is 6.18 Å². The molecule has 0 amide bonds. The lowest BCUT2D eigenvalue weighted by Crippen LogP contribution is -2.43. The van der Waals surface area contributed by atoms with Crippen molar-refractivity contribution in [3.8, 4) is 0 Å². The second-order valence-corrected chi connectivity index (χ2v) is 6.03. The Labute approximate surface area is 125 Å². The summed E-state index contributed by atoms with van der Waals surface area (Å²) in [6.07, 6.45) is -3.17. The van der Waals surface area contributed by atoms with E-state index in [0.717, 1.165) is 16.7 Å². The van der Waals surface area contributed by atoms with E-state index in [1.54, 1.807) is 0 Å². The third kappa shape index (κ3) is 4.66. The molecule has 1 atom stereocenters. The molecule has 20 heavy (non-hydrogen) atoms. The Kier molecular flexibility index (Phi) is 5.32. The van der Waals surface area contributed by atoms with Crippen molar-refractivity contribution in [1.29, 1.82) is 0 Å². The van der Waals surface area contributed by atoms with E-state index in [-0.39, 0.29) is 13.0 Å². The van der Waals surface area contributed by atoms with E-state index in [1.807, 2.05) is 29.2 Å². The van der Waals surface area contributed by atoms with Gasteiger partial charge < -0.3 is 10.2 Å². The SMILES string of the molecule is FC(F)(F)C1CCCN(CCNc2ccc(Br)cc2)C1. The molecule has 2 rings (SSSR count). The summed E-state index contributed by atoms with van der Waals surface area (Å²) in [6.45, 7) is 2.19. The summed E-state index contributed by atoms with van der Waals surface area (Å²) in [4.78, 5) is 1.90. The lowest BCUT2D eigenvalue weighted by atomic mass is 9.97. The lowest BCUT2D eigenvalue weighted by molar-refractivity contribution is -0.186. The average molecular weight is 351 g/mol. The van der Waals surface area contributed by atoms with Crippen molar-refractivity contribution >= 4 is 21.6 Å². The van der Waals surface area contributed by atoms with Crippen molar-refractivity contribution in [2.75, 3.05) is 31.5 Å². The number of alkyl halides is 3. The zero-order chi connectivity index (χ0) is 14.6. The van der Waals surface area contributed by atoms with Gasteiger partial charge in [0.15, 0.2) is 0 Å². The van der Waals surface area contributed by atoms with Crippen LogP contribution in [0.15, 0.2) is 28.7 Å². The predicted molar refractivity (Wildman–Crippen MR) is 77.9 cm³/mol. The summed E-state index contributed by atoms with van der Waals surface area (Å²) in [7, 11) is 0. The highest BCUT2D eigenvalue weighted by atomic mass is 79.9. The van der Waals surface area contributed by atoms with Crippen LogP contribution in [0.4, 0.5) is 18.9 Å². The van der Waals surface area contributed by atoms with Crippen molar-refractivity contribution < 1.29 is 13.2 Å². The Morgan fingerprint density at radius 1 is 1.25 bits per heavy atom. The van der Waals surface area contributed by atoms with E-state index >= 15 is 0 Å². The summed E-state index contributed by atoms with van der Waals surface area (Å²) < 4.78 is 39.1. The van der Waals surface area contributed by atoms with Gasteiger partial charge in [-0.3, -0.25) is 0 Å². The lowest BCUT2D eigenvalue weighted by Gasteiger charge is -2.33. The predicted octanol–water partition coefficient (Wildman–Crippen LogP) is 4.14. The van der Waals surface area contributed by atoms with Gasteiger partial charge in [-0.05, 0) is 43.7 Å². The first-order chi connectivity index (χ1) is 9.45. The molecule has 112 valence electrons. The molecule has 1 N–H and O–H groups in total. The van der Waals surface area contributed by atoms with Gasteiger partial charge in [-0.15, -0.1) is 0 Å². The van der Waals surface area contributed by atoms with E-state index in [4.69, 9.17) is 0 Å². The minimum absolute atomic E-state index is 0.130. The van der Waals surface area contributed by atoms with Crippen molar-refractivity contribution in [2.45, 2.75) is 19.0 Å². The molecule has 1 aromatic rings. The van der Waals surface area contributed by atoms with Crippen LogP contribution >= 0.6 is 15.9 Å². The second-order valence-electron chi connectivity index (χ2n) is 5.12. The number of halogens is 4. The van der Waals surface area contributed by atoms with Crippen molar-refractivity contribution in [1.82, 2.24) is 4.90 Å². The number of nitrogens with one attached hydrogen (secondary N) is 1. The molecule has 2 nitrogen and oxygen atoms in total. The Morgan fingerprint density at radius 3 is 2.60 bits per heavy atom. The van der Waals surface area contributed by atoms with Crippen LogP contribution in [0.2, 0.25) is 0 Å². The first-order valence-electron chi connectivity index (χ1n) is 6.73. The molecule has 0 bridgehead atoms. The Balaban J connectivity index is 1.75. The van der Waals surface area contributed by atoms with Gasteiger partial charge in [-0.1, -0.05) is 15.9 Å². The molecule has 0 radical (unpaired) electrons. The van der Waals surface area contributed by atoms with Crippen LogP contribution in [0.3, 0.4) is 0 Å². The minimum atomic E-state index is -4.06. The first kappa shape index (κ1) is 15.6. The van der Waals surface area contributed by atoms with Crippen LogP contribution in [0, 0.1) is 5.92 Å². The maximum atomic E-state index is 12.7. The van der Waals surface area contributed by atoms with Gasteiger partial charge in [-0.25, -0.2) is 0 Å². The van der Waals surface area contributed by atoms with Crippen LogP contribution in [0.5, 0.6) is 0 Å². The molecule has 0 aliphatic carbocycles. The molecule has 1 heterocycles. The maximum Gasteiger partial charge on any atom is 0.393 e. The molecule has 1 aliphatic rings. The molecule has 0 spiro atoms. The maximum absolute atomic E-state index is 12.7. The van der Waals surface area contributed by atoms with Crippen molar-refractivity contribution in [3.63, 3.8) is 0 Å². The number of piperidine rings is 1. The topological polar surface area (TPSA) is 15.3 Å². The Bertz CT molecular complexity index is 419. The summed E-state index contributed by atoms with van der Waals surface area (Å²) in [6, 6.07) is 7.75. The van der Waals surface area contributed by atoms with Crippen LogP contribution < -0.4 is 5.32 Å². The zero-order valence-corrected chi connectivity index (χ0v) is 12.7. The van der Waals surface area contributed by atoms with Gasteiger partial charge in [0.2, 0.25) is 0 Å². The van der Waals surface area contributed by atoms with E-state index in [0.29, 0.717) is 19.5 Å². The quantitative estimate of drug-likeness (QED) is 0.877. The molecular formula is C14H18BrF3N2. The molecular weight excluding hydrogens is 333 g/mol. The van der Waals surface area contributed by atoms with Crippen LogP contribution in [-0.4, -0.2) is 37.3 Å². The standard InChI is InChI=1S/C14H18BrF3N2/c15-12-3-5-13(6-4-12)19-7-9-20-8-1-2-11(10-20)14(16,17)18/h3-6,11,19H,1-2,7-10H2. The molecule has 1 saturated heterocycles. The highest BCUT2D eigenvalue weighted by Gasteiger charge is 2.41. The first-order valence-corrected chi connectivity index (χ1v) is 7.53. The van der Waals surface area contributed by atoms with E-state index in [1.165, 1.54) is 0 Å². The number of benzene rings is 1. The van der Waals surface area contributed by atoms with Crippen molar-refractivity contribution in [3.05, 3.63) is 28.7 Å². The molecule has 1 aliphatic heterocycles. The molecule has 1 aromatic carbocycles. The minimum Gasteiger partial charge on any atom is -0.384 e. The Morgan fingerprint density at radius 2 is 1.95 bits per heavy atom. The van der Waals surface area contributed by atoms with Gasteiger partial charge in [-0.2, -0.15) is 13.2 Å². The molecule has 6 heteroatoms. The van der Waals surface area contributed by atoms with Crippen molar-refractivity contribution in [2.24, 2.45) is 5.92 Å². The van der Waals surface area contributed by atoms with E-state index < -0.39 is 12.1 Å². The number of rotatable bonds is 4. The largest absolute Gasteiger partial charge is 0.393 e. The monoisotopic (exact) mass is 350 g/mol. The summed E-state index contributed by atoms with van der Waals surface area (Å²) in [5.74, 6) is -1.16. The molecule has 1 fully saturated rings. The average Bonchev–Trinajstić information content (AvgIpc) is 2.40. The number of anilines is 1. The summed E-state index contributed by atoms with van der Waals surface area (Å²) in [5.41, 5.74) is 0.984. The highest BCUT2D eigenvalue weighted by molar-refractivity contribution is 9.10. The van der Waals surface area contributed by atoms with E-state index in [2.05, 4.69) is 21.2 Å². The Hall–Kier alpha value is -0.750. The fourth-order valence-electron chi connectivity index (χ4n) is 2.45. The van der Waals surface area contributed by atoms with Gasteiger partial charge in [0.1, 0.15) is 0 Å². The highest BCUT2D eigenvalue weighted by Crippen LogP contribution is 2.32. The summed E-state index contributed by atoms with van der Waals surface area (Å²) in [5, 5.41) is 3.23. The smallest absolute Gasteiger partial charge is 0.384 e. The third-order valence-electron chi connectivity index (χ3n) is 3.57. The van der Waals surface area contributed by atoms with E-state index in [9.17, 15) is 13.2 Å². The molecule has 1 unspecified atom stereocenters. The fraction of sp³-hybridized carbons (Fsp3) is 0.571. The third-order valence-corrected chi connectivity index (χ3v) is 4.10. The molecule has 0 saturated carbocycles. The number of hydrogen-bond acceptors (Lipinski definition) is 2. The fourth-order valence-corrected chi connectivity index (χ4v) is 2.72. The van der Waals surface area contributed by atoms with Gasteiger partial charge in [0.25, 0.3) is 0 Å². The number of likely N-dealkylation sites (tertiary alicyclic amines) is 1. The molecule has 0 aromatic heterocycles.